The molecule has 3 atom stereocenters. The number of hydrogen-bond donors (Lipinski definition) is 1. The molecule has 1 N–H and O–H groups in total. The van der Waals surface area contributed by atoms with Gasteiger partial charge in [-0.1, -0.05) is 58.0 Å². The van der Waals surface area contributed by atoms with Gasteiger partial charge in [-0.2, -0.15) is 0 Å². The monoisotopic (exact) mass is 275 g/mol. The van der Waals surface area contributed by atoms with Crippen LogP contribution in [-0.2, 0) is 0 Å². The van der Waals surface area contributed by atoms with Gasteiger partial charge in [0.15, 0.2) is 0 Å². The molecule has 0 bridgehead atoms. The Kier molecular flexibility index (Phi) is 5.22. The van der Waals surface area contributed by atoms with Crippen molar-refractivity contribution >= 4 is 0 Å². The molecular weight excluding hydrogens is 246 g/mol. The highest BCUT2D eigenvalue weighted by molar-refractivity contribution is 5.19. The van der Waals surface area contributed by atoms with Crippen molar-refractivity contribution in [3.05, 3.63) is 35.9 Å². The number of rotatable bonds is 5. The van der Waals surface area contributed by atoms with Crippen molar-refractivity contribution in [2.45, 2.75) is 58.7 Å². The van der Waals surface area contributed by atoms with Crippen LogP contribution in [0.1, 0.15) is 52.2 Å². The van der Waals surface area contributed by atoms with Gasteiger partial charge in [0, 0.05) is 12.1 Å². The van der Waals surface area contributed by atoms with Crippen LogP contribution in [0.3, 0.4) is 0 Å². The summed E-state index contributed by atoms with van der Waals surface area (Å²) >= 11 is 0. The van der Waals surface area contributed by atoms with Gasteiger partial charge in [0.25, 0.3) is 0 Å². The summed E-state index contributed by atoms with van der Waals surface area (Å²) in [5.74, 6) is 1.10. The minimum atomic E-state index is -0.393. The lowest BCUT2D eigenvalue weighted by molar-refractivity contribution is 0.00600. The predicted molar refractivity (Wildman–Crippen MR) is 84.6 cm³/mol. The van der Waals surface area contributed by atoms with Crippen LogP contribution < -0.4 is 0 Å². The first kappa shape index (κ1) is 15.5. The molecule has 20 heavy (non-hydrogen) atoms. The second-order valence-electron chi connectivity index (χ2n) is 6.78. The molecule has 3 unspecified atom stereocenters. The molecule has 1 fully saturated rings. The summed E-state index contributed by atoms with van der Waals surface area (Å²) in [4.78, 5) is 2.56. The summed E-state index contributed by atoms with van der Waals surface area (Å²) < 4.78 is 0. The summed E-state index contributed by atoms with van der Waals surface area (Å²) in [6.07, 6.45) is 2.13. The van der Waals surface area contributed by atoms with Crippen LogP contribution in [0, 0.1) is 11.8 Å². The third-order valence-electron chi connectivity index (χ3n) is 4.64. The first-order valence-corrected chi connectivity index (χ1v) is 8.01. The molecule has 2 nitrogen and oxygen atoms in total. The van der Waals surface area contributed by atoms with Gasteiger partial charge in [0.1, 0.15) is 0 Å². The molecule has 0 spiro atoms. The minimum absolute atomic E-state index is 0.215. The average Bonchev–Trinajstić information content (AvgIpc) is 2.88. The van der Waals surface area contributed by atoms with Crippen LogP contribution in [0.2, 0.25) is 0 Å². The van der Waals surface area contributed by atoms with Gasteiger partial charge < -0.3 is 5.11 Å². The fraction of sp³-hybridized carbons (Fsp3) is 0.667. The molecule has 0 aliphatic carbocycles. The van der Waals surface area contributed by atoms with Crippen LogP contribution in [0.5, 0.6) is 0 Å². The van der Waals surface area contributed by atoms with Crippen LogP contribution in [0.25, 0.3) is 0 Å². The zero-order valence-electron chi connectivity index (χ0n) is 13.3. The summed E-state index contributed by atoms with van der Waals surface area (Å²) in [5, 5.41) is 10.9. The predicted octanol–water partition coefficient (Wildman–Crippen LogP) is 3.87. The summed E-state index contributed by atoms with van der Waals surface area (Å²) in [7, 11) is 0. The standard InChI is InChI=1S/C18H29NO/c1-13(2)16-11-8-12-19(16)17(14(3)4)18(20)15-9-6-5-7-10-15/h5-7,9-10,13-14,16-18,20H,8,11-12H2,1-4H3. The zero-order chi connectivity index (χ0) is 14.7. The SMILES string of the molecule is CC(C)C1CCCN1C(C(C)C)C(O)c1ccccc1. The highest BCUT2D eigenvalue weighted by atomic mass is 16.3. The first-order chi connectivity index (χ1) is 9.52. The fourth-order valence-electron chi connectivity index (χ4n) is 3.68. The topological polar surface area (TPSA) is 23.5 Å². The molecule has 1 aliphatic rings. The molecule has 1 aliphatic heterocycles. The molecule has 2 heteroatoms. The quantitative estimate of drug-likeness (QED) is 0.882. The Hall–Kier alpha value is -0.860. The number of nitrogens with zero attached hydrogens (tertiary/aromatic N) is 1. The molecule has 112 valence electrons. The second kappa shape index (κ2) is 6.73. The second-order valence-corrected chi connectivity index (χ2v) is 6.78. The van der Waals surface area contributed by atoms with Gasteiger partial charge in [-0.25, -0.2) is 0 Å². The zero-order valence-corrected chi connectivity index (χ0v) is 13.3. The van der Waals surface area contributed by atoms with E-state index in [0.29, 0.717) is 17.9 Å². The lowest BCUT2D eigenvalue weighted by atomic mass is 9.90. The van der Waals surface area contributed by atoms with Crippen molar-refractivity contribution in [1.29, 1.82) is 0 Å². The maximum atomic E-state index is 10.9. The Morgan fingerprint density at radius 3 is 2.30 bits per heavy atom. The van der Waals surface area contributed by atoms with E-state index in [9.17, 15) is 5.11 Å². The van der Waals surface area contributed by atoms with Crippen LogP contribution >= 0.6 is 0 Å². The van der Waals surface area contributed by atoms with Gasteiger partial charge in [-0.3, -0.25) is 4.90 Å². The number of benzene rings is 1. The molecular formula is C18H29NO. The molecule has 0 radical (unpaired) electrons. The average molecular weight is 275 g/mol. The number of aliphatic hydroxyl groups is 1. The van der Waals surface area contributed by atoms with Gasteiger partial charge in [-0.15, -0.1) is 0 Å². The molecule has 0 amide bonds. The first-order valence-electron chi connectivity index (χ1n) is 8.01. The van der Waals surface area contributed by atoms with E-state index in [1.165, 1.54) is 12.8 Å². The van der Waals surface area contributed by atoms with E-state index in [1.54, 1.807) is 0 Å². The largest absolute Gasteiger partial charge is 0.387 e. The molecule has 2 rings (SSSR count). The number of hydrogen-bond acceptors (Lipinski definition) is 2. The minimum Gasteiger partial charge on any atom is -0.387 e. The van der Waals surface area contributed by atoms with Crippen molar-refractivity contribution < 1.29 is 5.11 Å². The maximum absolute atomic E-state index is 10.9. The highest BCUT2D eigenvalue weighted by Crippen LogP contribution is 2.34. The van der Waals surface area contributed by atoms with Crippen LogP contribution in [-0.4, -0.2) is 28.6 Å². The Morgan fingerprint density at radius 2 is 1.75 bits per heavy atom. The Labute approximate surface area is 123 Å². The Bertz CT molecular complexity index is 401. The van der Waals surface area contributed by atoms with Crippen molar-refractivity contribution in [3.63, 3.8) is 0 Å². The van der Waals surface area contributed by atoms with Gasteiger partial charge in [-0.05, 0) is 36.8 Å². The maximum Gasteiger partial charge on any atom is 0.0947 e. The van der Waals surface area contributed by atoms with E-state index in [4.69, 9.17) is 0 Å². The molecule has 0 saturated carbocycles. The smallest absolute Gasteiger partial charge is 0.0947 e. The lowest BCUT2D eigenvalue weighted by Crippen LogP contribution is -2.47. The van der Waals surface area contributed by atoms with Crippen molar-refractivity contribution in [2.24, 2.45) is 11.8 Å². The summed E-state index contributed by atoms with van der Waals surface area (Å²) in [5.41, 5.74) is 1.04. The van der Waals surface area contributed by atoms with E-state index in [-0.39, 0.29) is 6.04 Å². The molecule has 1 heterocycles. The van der Waals surface area contributed by atoms with Crippen LogP contribution in [0.4, 0.5) is 0 Å². The van der Waals surface area contributed by atoms with E-state index in [1.807, 2.05) is 30.3 Å². The van der Waals surface area contributed by atoms with Crippen LogP contribution in [0.15, 0.2) is 30.3 Å². The van der Waals surface area contributed by atoms with Crippen molar-refractivity contribution in [3.8, 4) is 0 Å². The number of aliphatic hydroxyl groups excluding tert-OH is 1. The molecule has 1 saturated heterocycles. The van der Waals surface area contributed by atoms with Crippen molar-refractivity contribution in [1.82, 2.24) is 4.90 Å². The number of likely N-dealkylation sites (tertiary alicyclic amines) is 1. The fourth-order valence-corrected chi connectivity index (χ4v) is 3.68. The Morgan fingerprint density at radius 1 is 1.10 bits per heavy atom. The summed E-state index contributed by atoms with van der Waals surface area (Å²) in [6, 6.07) is 10.9. The summed E-state index contributed by atoms with van der Waals surface area (Å²) in [6.45, 7) is 10.2. The van der Waals surface area contributed by atoms with E-state index >= 15 is 0 Å². The van der Waals surface area contributed by atoms with E-state index in [2.05, 4.69) is 32.6 Å². The van der Waals surface area contributed by atoms with Crippen molar-refractivity contribution in [2.75, 3.05) is 6.54 Å². The van der Waals surface area contributed by atoms with Gasteiger partial charge in [0.05, 0.1) is 6.10 Å². The van der Waals surface area contributed by atoms with Gasteiger partial charge in [0.2, 0.25) is 0 Å². The molecule has 0 aromatic heterocycles. The molecule has 1 aromatic carbocycles. The normalized spacial score (nSPS) is 23.4. The Balaban J connectivity index is 2.23. The third kappa shape index (κ3) is 3.24. The van der Waals surface area contributed by atoms with Gasteiger partial charge >= 0.3 is 0 Å². The third-order valence-corrected chi connectivity index (χ3v) is 4.64. The van der Waals surface area contributed by atoms with E-state index in [0.717, 1.165) is 12.1 Å². The van der Waals surface area contributed by atoms with E-state index < -0.39 is 6.10 Å². The lowest BCUT2D eigenvalue weighted by Gasteiger charge is -2.40. The highest BCUT2D eigenvalue weighted by Gasteiger charge is 2.37. The molecule has 1 aromatic rings.